The first-order valence-corrected chi connectivity index (χ1v) is 6.30. The Morgan fingerprint density at radius 3 is 2.82 bits per heavy atom. The van der Waals surface area contributed by atoms with Crippen LogP contribution in [-0.2, 0) is 17.8 Å². The molecule has 1 aliphatic carbocycles. The third kappa shape index (κ3) is 2.12. The molecule has 0 bridgehead atoms. The number of para-hydroxylation sites is 1. The summed E-state index contributed by atoms with van der Waals surface area (Å²) >= 11 is 0. The molecule has 0 aliphatic heterocycles. The number of hydrogen-bond donors (Lipinski definition) is 0. The second kappa shape index (κ2) is 4.02. The average molecular weight is 227 g/mol. The van der Waals surface area contributed by atoms with Gasteiger partial charge in [0.25, 0.3) is 0 Å². The Hall–Kier alpha value is -1.57. The number of benzene rings is 1. The third-order valence-corrected chi connectivity index (χ3v) is 3.46. The minimum absolute atomic E-state index is 0.235. The number of aromatic nitrogens is 1. The lowest BCUT2D eigenvalue weighted by molar-refractivity contribution is -0.116. The maximum Gasteiger partial charge on any atom is 0.134 e. The first-order valence-electron chi connectivity index (χ1n) is 6.30. The minimum atomic E-state index is 0.235. The average Bonchev–Trinajstić information content (AvgIpc) is 3.04. The summed E-state index contributed by atoms with van der Waals surface area (Å²) in [6, 6.07) is 8.40. The summed E-state index contributed by atoms with van der Waals surface area (Å²) in [6.45, 7) is 2.77. The van der Waals surface area contributed by atoms with Gasteiger partial charge in [-0.25, -0.2) is 0 Å². The van der Waals surface area contributed by atoms with Gasteiger partial charge in [-0.2, -0.15) is 0 Å². The monoisotopic (exact) mass is 227 g/mol. The van der Waals surface area contributed by atoms with Gasteiger partial charge in [0.15, 0.2) is 0 Å². The standard InChI is InChI=1S/C15H17NO/c1-11(17)8-13-10-16(9-12-6-7-12)15-5-3-2-4-14(13)15/h2-5,10,12H,6-9H2,1H3. The van der Waals surface area contributed by atoms with Gasteiger partial charge in [0, 0.05) is 30.1 Å². The van der Waals surface area contributed by atoms with Gasteiger partial charge in [0.2, 0.25) is 0 Å². The van der Waals surface area contributed by atoms with E-state index in [4.69, 9.17) is 0 Å². The van der Waals surface area contributed by atoms with Crippen LogP contribution < -0.4 is 0 Å². The highest BCUT2D eigenvalue weighted by Gasteiger charge is 2.22. The van der Waals surface area contributed by atoms with E-state index in [1.807, 2.05) is 6.07 Å². The van der Waals surface area contributed by atoms with E-state index in [0.717, 1.165) is 12.5 Å². The van der Waals surface area contributed by atoms with Gasteiger partial charge in [-0.15, -0.1) is 0 Å². The van der Waals surface area contributed by atoms with Crippen molar-refractivity contribution in [2.75, 3.05) is 0 Å². The fourth-order valence-corrected chi connectivity index (χ4v) is 2.46. The summed E-state index contributed by atoms with van der Waals surface area (Å²) in [7, 11) is 0. The van der Waals surface area contributed by atoms with Crippen molar-refractivity contribution in [3.8, 4) is 0 Å². The summed E-state index contributed by atoms with van der Waals surface area (Å²) in [5.41, 5.74) is 2.45. The van der Waals surface area contributed by atoms with Crippen LogP contribution in [-0.4, -0.2) is 10.4 Å². The number of fused-ring (bicyclic) bond motifs is 1. The number of ketones is 1. The summed E-state index contributed by atoms with van der Waals surface area (Å²) in [4.78, 5) is 11.3. The van der Waals surface area contributed by atoms with Crippen LogP contribution in [0.3, 0.4) is 0 Å². The quantitative estimate of drug-likeness (QED) is 0.786. The van der Waals surface area contributed by atoms with Gasteiger partial charge >= 0.3 is 0 Å². The molecule has 0 N–H and O–H groups in total. The maximum atomic E-state index is 11.3. The summed E-state index contributed by atoms with van der Waals surface area (Å²) in [5, 5.41) is 1.24. The van der Waals surface area contributed by atoms with Crippen LogP contribution in [0.5, 0.6) is 0 Å². The Labute approximate surface area is 101 Å². The molecule has 3 rings (SSSR count). The highest BCUT2D eigenvalue weighted by molar-refractivity contribution is 5.89. The van der Waals surface area contributed by atoms with Crippen molar-refractivity contribution in [2.45, 2.75) is 32.7 Å². The van der Waals surface area contributed by atoms with E-state index in [2.05, 4.69) is 29.0 Å². The smallest absolute Gasteiger partial charge is 0.134 e. The number of carbonyl (C=O) groups excluding carboxylic acids is 1. The largest absolute Gasteiger partial charge is 0.347 e. The maximum absolute atomic E-state index is 11.3. The van der Waals surface area contributed by atoms with Crippen molar-refractivity contribution >= 4 is 16.7 Å². The first kappa shape index (κ1) is 10.6. The molecule has 88 valence electrons. The molecule has 1 aliphatic rings. The lowest BCUT2D eigenvalue weighted by Crippen LogP contribution is -1.98. The number of hydrogen-bond acceptors (Lipinski definition) is 1. The first-order chi connectivity index (χ1) is 8.24. The Bertz CT molecular complexity index is 563. The van der Waals surface area contributed by atoms with Crippen molar-refractivity contribution in [1.29, 1.82) is 0 Å². The second-order valence-electron chi connectivity index (χ2n) is 5.15. The van der Waals surface area contributed by atoms with Crippen LogP contribution in [0.4, 0.5) is 0 Å². The van der Waals surface area contributed by atoms with E-state index in [0.29, 0.717) is 6.42 Å². The molecule has 0 unspecified atom stereocenters. The molecule has 1 aromatic heterocycles. The molecule has 1 fully saturated rings. The molecule has 0 atom stereocenters. The van der Waals surface area contributed by atoms with Gasteiger partial charge in [-0.1, -0.05) is 18.2 Å². The molecule has 1 aromatic carbocycles. The molecule has 1 heterocycles. The zero-order valence-electron chi connectivity index (χ0n) is 10.1. The zero-order valence-corrected chi connectivity index (χ0v) is 10.1. The number of Topliss-reactive ketones (excluding diaryl/α,β-unsaturated/α-hetero) is 1. The molecule has 0 radical (unpaired) electrons. The predicted molar refractivity (Wildman–Crippen MR) is 69.0 cm³/mol. The molecular formula is C15H17NO. The zero-order chi connectivity index (χ0) is 11.8. The molecule has 17 heavy (non-hydrogen) atoms. The van der Waals surface area contributed by atoms with Gasteiger partial charge < -0.3 is 4.57 Å². The van der Waals surface area contributed by atoms with E-state index in [1.54, 1.807) is 6.92 Å². The molecule has 1 saturated carbocycles. The molecule has 0 amide bonds. The van der Waals surface area contributed by atoms with Gasteiger partial charge in [-0.3, -0.25) is 4.79 Å². The highest BCUT2D eigenvalue weighted by atomic mass is 16.1. The van der Waals surface area contributed by atoms with E-state index >= 15 is 0 Å². The van der Waals surface area contributed by atoms with Crippen molar-refractivity contribution in [3.63, 3.8) is 0 Å². The van der Waals surface area contributed by atoms with Crippen molar-refractivity contribution in [3.05, 3.63) is 36.0 Å². The Kier molecular flexibility index (Phi) is 2.50. The lowest BCUT2D eigenvalue weighted by atomic mass is 10.1. The lowest BCUT2D eigenvalue weighted by Gasteiger charge is -2.02. The normalized spacial score (nSPS) is 15.4. The molecule has 2 nitrogen and oxygen atoms in total. The van der Waals surface area contributed by atoms with Crippen molar-refractivity contribution in [1.82, 2.24) is 4.57 Å². The Balaban J connectivity index is 2.05. The van der Waals surface area contributed by atoms with Crippen LogP contribution in [0, 0.1) is 5.92 Å². The summed E-state index contributed by atoms with van der Waals surface area (Å²) in [6.07, 6.45) is 5.44. The third-order valence-electron chi connectivity index (χ3n) is 3.46. The number of carbonyl (C=O) groups is 1. The van der Waals surface area contributed by atoms with Crippen molar-refractivity contribution in [2.24, 2.45) is 5.92 Å². The Morgan fingerprint density at radius 1 is 1.35 bits per heavy atom. The fraction of sp³-hybridized carbons (Fsp3) is 0.400. The van der Waals surface area contributed by atoms with Gasteiger partial charge in [0.1, 0.15) is 5.78 Å². The highest BCUT2D eigenvalue weighted by Crippen LogP contribution is 2.33. The van der Waals surface area contributed by atoms with Crippen molar-refractivity contribution < 1.29 is 4.79 Å². The predicted octanol–water partition coefficient (Wildman–Crippen LogP) is 3.18. The second-order valence-corrected chi connectivity index (χ2v) is 5.15. The van der Waals surface area contributed by atoms with Crippen LogP contribution in [0.1, 0.15) is 25.3 Å². The van der Waals surface area contributed by atoms with E-state index in [-0.39, 0.29) is 5.78 Å². The molecule has 2 heteroatoms. The van der Waals surface area contributed by atoms with Crippen LogP contribution in [0.25, 0.3) is 10.9 Å². The number of rotatable bonds is 4. The van der Waals surface area contributed by atoms with E-state index < -0.39 is 0 Å². The van der Waals surface area contributed by atoms with Crippen LogP contribution in [0.15, 0.2) is 30.5 Å². The fourth-order valence-electron chi connectivity index (χ4n) is 2.46. The van der Waals surface area contributed by atoms with E-state index in [1.165, 1.54) is 29.3 Å². The van der Waals surface area contributed by atoms with E-state index in [9.17, 15) is 4.79 Å². The topological polar surface area (TPSA) is 22.0 Å². The molecular weight excluding hydrogens is 210 g/mol. The summed E-state index contributed by atoms with van der Waals surface area (Å²) < 4.78 is 2.32. The molecule has 0 spiro atoms. The molecule has 0 saturated heterocycles. The minimum Gasteiger partial charge on any atom is -0.347 e. The number of nitrogens with zero attached hydrogens (tertiary/aromatic N) is 1. The van der Waals surface area contributed by atoms with Crippen LogP contribution in [0.2, 0.25) is 0 Å². The Morgan fingerprint density at radius 2 is 2.12 bits per heavy atom. The van der Waals surface area contributed by atoms with Gasteiger partial charge in [-0.05, 0) is 37.3 Å². The SMILES string of the molecule is CC(=O)Cc1cn(CC2CC2)c2ccccc12. The van der Waals surface area contributed by atoms with Gasteiger partial charge in [0.05, 0.1) is 0 Å². The van der Waals surface area contributed by atoms with Crippen LogP contribution >= 0.6 is 0 Å². The molecule has 2 aromatic rings. The summed E-state index contributed by atoms with van der Waals surface area (Å²) in [5.74, 6) is 1.09.